The zero-order valence-electron chi connectivity index (χ0n) is 19.8. The molecule has 1 saturated heterocycles. The fraction of sp³-hybridized carbons (Fsp3) is 0.778. The first-order chi connectivity index (χ1) is 16.3. The van der Waals surface area contributed by atoms with E-state index in [-0.39, 0.29) is 49.5 Å². The molecule has 186 valence electrons. The molecule has 0 spiro atoms. The van der Waals surface area contributed by atoms with E-state index >= 15 is 0 Å². The molecule has 6 nitrogen and oxygen atoms in total. The minimum absolute atomic E-state index is 0.0431. The van der Waals surface area contributed by atoms with Crippen LogP contribution >= 0.6 is 0 Å². The third-order valence-electron chi connectivity index (χ3n) is 7.81. The lowest BCUT2D eigenvalue weighted by atomic mass is 9.84. The molecular weight excluding hydrogens is 420 g/mol. The first-order valence-corrected chi connectivity index (χ1v) is 13.1. The van der Waals surface area contributed by atoms with E-state index in [2.05, 4.69) is 12.2 Å². The maximum atomic E-state index is 10.1. The summed E-state index contributed by atoms with van der Waals surface area (Å²) in [5.74, 6) is 1.11. The van der Waals surface area contributed by atoms with E-state index in [1.165, 1.54) is 25.7 Å². The summed E-state index contributed by atoms with van der Waals surface area (Å²) < 4.78 is 24.4. The second-order valence-corrected chi connectivity index (χ2v) is 10.0. The van der Waals surface area contributed by atoms with Crippen LogP contribution in [0.15, 0.2) is 36.6 Å². The number of ether oxygens (including phenoxy) is 4. The van der Waals surface area contributed by atoms with Crippen LogP contribution in [0.5, 0.6) is 0 Å². The van der Waals surface area contributed by atoms with Crippen LogP contribution in [0.25, 0.3) is 0 Å². The normalized spacial score (nSPS) is 35.9. The summed E-state index contributed by atoms with van der Waals surface area (Å²) in [6.07, 6.45) is 22.0. The van der Waals surface area contributed by atoms with E-state index in [0.29, 0.717) is 5.92 Å². The molecule has 0 aromatic carbocycles. The lowest BCUT2D eigenvalue weighted by Crippen LogP contribution is -2.31. The van der Waals surface area contributed by atoms with Crippen molar-refractivity contribution in [2.45, 2.75) is 89.0 Å². The van der Waals surface area contributed by atoms with Crippen LogP contribution < -0.4 is 0 Å². The SMILES string of the molecule is OCCC[C@H]1[C@@H](CO)C[C@@H](O[C@H]2C=CC=CO2)[C@H]1C=C[C@@H](OC1CCCCO1)C1CCCC1. The van der Waals surface area contributed by atoms with Crippen molar-refractivity contribution in [2.75, 3.05) is 19.8 Å². The molecular formula is C27H42O6. The first-order valence-electron chi connectivity index (χ1n) is 13.1. The van der Waals surface area contributed by atoms with Gasteiger partial charge in [0.2, 0.25) is 6.29 Å². The van der Waals surface area contributed by atoms with Crippen LogP contribution in [0, 0.1) is 23.7 Å². The van der Waals surface area contributed by atoms with Gasteiger partial charge < -0.3 is 29.2 Å². The Labute approximate surface area is 198 Å². The van der Waals surface area contributed by atoms with Gasteiger partial charge in [0, 0.05) is 25.7 Å². The summed E-state index contributed by atoms with van der Waals surface area (Å²) in [6, 6.07) is 0. The topological polar surface area (TPSA) is 77.4 Å². The van der Waals surface area contributed by atoms with E-state index in [1.54, 1.807) is 6.26 Å². The number of aliphatic hydroxyl groups is 2. The van der Waals surface area contributed by atoms with Crippen molar-refractivity contribution in [3.05, 3.63) is 36.6 Å². The Morgan fingerprint density at radius 3 is 2.61 bits per heavy atom. The van der Waals surface area contributed by atoms with Crippen molar-refractivity contribution in [2.24, 2.45) is 23.7 Å². The molecule has 2 N–H and O–H groups in total. The molecule has 0 bridgehead atoms. The van der Waals surface area contributed by atoms with Crippen LogP contribution in [0.4, 0.5) is 0 Å². The van der Waals surface area contributed by atoms with Crippen LogP contribution in [-0.4, -0.2) is 54.8 Å². The minimum atomic E-state index is -0.399. The molecule has 1 unspecified atom stereocenters. The summed E-state index contributed by atoms with van der Waals surface area (Å²) in [4.78, 5) is 0. The van der Waals surface area contributed by atoms with Gasteiger partial charge in [0.1, 0.15) is 0 Å². The second-order valence-electron chi connectivity index (χ2n) is 10.0. The van der Waals surface area contributed by atoms with Crippen LogP contribution in [0.3, 0.4) is 0 Å². The summed E-state index contributed by atoms with van der Waals surface area (Å²) in [5, 5.41) is 19.6. The molecule has 7 atom stereocenters. The Balaban J connectivity index is 1.49. The maximum absolute atomic E-state index is 10.1. The fourth-order valence-electron chi connectivity index (χ4n) is 6.05. The summed E-state index contributed by atoms with van der Waals surface area (Å²) >= 11 is 0. The molecule has 0 aromatic rings. The molecule has 33 heavy (non-hydrogen) atoms. The van der Waals surface area contributed by atoms with Crippen molar-refractivity contribution in [1.29, 1.82) is 0 Å². The average molecular weight is 463 g/mol. The molecule has 3 fully saturated rings. The Hall–Kier alpha value is -1.18. The first kappa shape index (κ1) is 24.9. The predicted octanol–water partition coefficient (Wildman–Crippen LogP) is 4.47. The zero-order valence-corrected chi connectivity index (χ0v) is 19.8. The molecule has 6 heteroatoms. The summed E-state index contributed by atoms with van der Waals surface area (Å²) in [5.41, 5.74) is 0. The van der Waals surface area contributed by atoms with Gasteiger partial charge in [-0.25, -0.2) is 0 Å². The molecule has 2 aliphatic heterocycles. The maximum Gasteiger partial charge on any atom is 0.219 e. The smallest absolute Gasteiger partial charge is 0.219 e. The highest BCUT2D eigenvalue weighted by Crippen LogP contribution is 2.43. The van der Waals surface area contributed by atoms with Crippen molar-refractivity contribution in [1.82, 2.24) is 0 Å². The third kappa shape index (κ3) is 6.92. The van der Waals surface area contributed by atoms with Crippen molar-refractivity contribution < 1.29 is 29.2 Å². The molecule has 2 aliphatic carbocycles. The molecule has 2 saturated carbocycles. The number of rotatable bonds is 11. The highest BCUT2D eigenvalue weighted by Gasteiger charge is 2.43. The Morgan fingerprint density at radius 1 is 1.06 bits per heavy atom. The number of aliphatic hydroxyl groups excluding tert-OH is 2. The predicted molar refractivity (Wildman–Crippen MR) is 126 cm³/mol. The van der Waals surface area contributed by atoms with E-state index in [1.807, 2.05) is 18.2 Å². The van der Waals surface area contributed by atoms with Gasteiger partial charge in [-0.3, -0.25) is 0 Å². The lowest BCUT2D eigenvalue weighted by Gasteiger charge is -2.30. The largest absolute Gasteiger partial charge is 0.469 e. The highest BCUT2D eigenvalue weighted by molar-refractivity contribution is 5.08. The highest BCUT2D eigenvalue weighted by atomic mass is 16.7. The van der Waals surface area contributed by atoms with Crippen molar-refractivity contribution >= 4 is 0 Å². The van der Waals surface area contributed by atoms with Gasteiger partial charge in [0.05, 0.1) is 18.5 Å². The number of allylic oxidation sites excluding steroid dienone is 2. The summed E-state index contributed by atoms with van der Waals surface area (Å²) in [6.45, 7) is 1.10. The Bertz CT molecular complexity index is 649. The third-order valence-corrected chi connectivity index (χ3v) is 7.81. The van der Waals surface area contributed by atoms with Gasteiger partial charge in [-0.1, -0.05) is 31.1 Å². The van der Waals surface area contributed by atoms with Gasteiger partial charge in [-0.15, -0.1) is 0 Å². The van der Waals surface area contributed by atoms with E-state index in [0.717, 1.165) is 45.1 Å². The van der Waals surface area contributed by atoms with Gasteiger partial charge in [-0.2, -0.15) is 0 Å². The Morgan fingerprint density at radius 2 is 1.91 bits per heavy atom. The number of hydrogen-bond acceptors (Lipinski definition) is 6. The zero-order chi connectivity index (χ0) is 22.9. The minimum Gasteiger partial charge on any atom is -0.469 e. The van der Waals surface area contributed by atoms with Crippen LogP contribution in [0.2, 0.25) is 0 Å². The number of hydrogen-bond donors (Lipinski definition) is 2. The summed E-state index contributed by atoms with van der Waals surface area (Å²) in [7, 11) is 0. The quantitative estimate of drug-likeness (QED) is 0.441. The molecule has 4 aliphatic rings. The van der Waals surface area contributed by atoms with E-state index in [9.17, 15) is 10.2 Å². The second kappa shape index (κ2) is 13.1. The van der Waals surface area contributed by atoms with E-state index in [4.69, 9.17) is 18.9 Å². The van der Waals surface area contributed by atoms with Gasteiger partial charge >= 0.3 is 0 Å². The van der Waals surface area contributed by atoms with Crippen LogP contribution in [0.1, 0.15) is 64.2 Å². The Kier molecular flexibility index (Phi) is 9.86. The standard InChI is InChI=1S/C27H42O6/c28-15-7-10-22-21(19-29)18-25(33-27-12-4-6-17-31-27)23(22)13-14-24(20-8-1-2-9-20)32-26-11-3-5-16-30-26/h4,6,12-14,17,20-29H,1-3,5,7-11,15-16,18-19H2/t21-,22+,23+,24-,25-,26?,27+/m1/s1. The van der Waals surface area contributed by atoms with Crippen molar-refractivity contribution in [3.63, 3.8) is 0 Å². The molecule has 0 radical (unpaired) electrons. The van der Waals surface area contributed by atoms with Crippen LogP contribution in [-0.2, 0) is 18.9 Å². The lowest BCUT2D eigenvalue weighted by molar-refractivity contribution is -0.187. The molecule has 4 rings (SSSR count). The van der Waals surface area contributed by atoms with Gasteiger partial charge in [-0.05, 0) is 81.3 Å². The van der Waals surface area contributed by atoms with E-state index < -0.39 is 6.29 Å². The monoisotopic (exact) mass is 462 g/mol. The fourth-order valence-corrected chi connectivity index (χ4v) is 6.05. The molecule has 0 aromatic heterocycles. The van der Waals surface area contributed by atoms with Gasteiger partial charge in [0.25, 0.3) is 0 Å². The average Bonchev–Trinajstić information content (AvgIpc) is 3.50. The van der Waals surface area contributed by atoms with Crippen molar-refractivity contribution in [3.8, 4) is 0 Å². The molecule has 2 heterocycles. The van der Waals surface area contributed by atoms with Gasteiger partial charge in [0.15, 0.2) is 6.29 Å². The molecule has 0 amide bonds.